The van der Waals surface area contributed by atoms with E-state index in [9.17, 15) is 4.79 Å². The molecule has 1 amide bonds. The van der Waals surface area contributed by atoms with Gasteiger partial charge in [-0.25, -0.2) is 0 Å². The Morgan fingerprint density at radius 3 is 2.58 bits per heavy atom. The number of benzene rings is 2. The molecular weight excluding hydrogens is 332 g/mol. The molecule has 2 N–H and O–H groups in total. The van der Waals surface area contributed by atoms with Gasteiger partial charge in [-0.3, -0.25) is 4.79 Å². The van der Waals surface area contributed by atoms with E-state index in [1.54, 1.807) is 19.3 Å². The van der Waals surface area contributed by atoms with Gasteiger partial charge < -0.3 is 24.8 Å². The van der Waals surface area contributed by atoms with Crippen LogP contribution < -0.4 is 20.1 Å². The Kier molecular flexibility index (Phi) is 8.02. The van der Waals surface area contributed by atoms with Gasteiger partial charge in [0.15, 0.2) is 0 Å². The molecule has 0 aliphatic heterocycles. The lowest BCUT2D eigenvalue weighted by atomic mass is 10.3. The maximum atomic E-state index is 12.1. The third kappa shape index (κ3) is 6.86. The van der Waals surface area contributed by atoms with E-state index < -0.39 is 0 Å². The van der Waals surface area contributed by atoms with Crippen LogP contribution in [0.1, 0.15) is 0 Å². The maximum absolute atomic E-state index is 12.1. The summed E-state index contributed by atoms with van der Waals surface area (Å²) in [4.78, 5) is 12.1. The second kappa shape index (κ2) is 10.8. The van der Waals surface area contributed by atoms with Crippen LogP contribution in [0.15, 0.2) is 61.2 Å². The molecule has 6 heteroatoms. The molecular formula is C20H24N2O4. The number of nitrogens with one attached hydrogen (secondary N) is 2. The van der Waals surface area contributed by atoms with Crippen molar-refractivity contribution in [1.29, 1.82) is 0 Å². The Morgan fingerprint density at radius 2 is 1.85 bits per heavy atom. The quantitative estimate of drug-likeness (QED) is 0.477. The highest BCUT2D eigenvalue weighted by atomic mass is 16.5. The van der Waals surface area contributed by atoms with Crippen molar-refractivity contribution in [2.24, 2.45) is 0 Å². The summed E-state index contributed by atoms with van der Waals surface area (Å²) in [6.45, 7) is 5.19. The Labute approximate surface area is 153 Å². The summed E-state index contributed by atoms with van der Waals surface area (Å²) in [5, 5.41) is 5.90. The Bertz CT molecular complexity index is 701. The summed E-state index contributed by atoms with van der Waals surface area (Å²) in [5.74, 6) is 1.29. The average Bonchev–Trinajstić information content (AvgIpc) is 2.66. The fourth-order valence-corrected chi connectivity index (χ4v) is 2.12. The maximum Gasteiger partial charge on any atom is 0.243 e. The summed E-state index contributed by atoms with van der Waals surface area (Å²) < 4.78 is 15.9. The monoisotopic (exact) mass is 356 g/mol. The standard InChI is InChI=1S/C20H24N2O4/c1-3-11-25-18-9-7-16(8-10-18)21-15-20(23)22-17-5-4-6-19(14-17)26-13-12-24-2/h3-10,14,21H,1,11-13,15H2,2H3,(H,22,23). The van der Waals surface area contributed by atoms with E-state index in [-0.39, 0.29) is 12.5 Å². The number of hydrogen-bond acceptors (Lipinski definition) is 5. The molecule has 2 aromatic carbocycles. The van der Waals surface area contributed by atoms with Gasteiger partial charge in [-0.1, -0.05) is 18.7 Å². The molecule has 138 valence electrons. The van der Waals surface area contributed by atoms with Crippen LogP contribution in [-0.2, 0) is 9.53 Å². The first-order valence-electron chi connectivity index (χ1n) is 8.30. The molecule has 0 aromatic heterocycles. The van der Waals surface area contributed by atoms with Gasteiger partial charge in [0, 0.05) is 24.6 Å². The van der Waals surface area contributed by atoms with Gasteiger partial charge >= 0.3 is 0 Å². The highest BCUT2D eigenvalue weighted by Crippen LogP contribution is 2.18. The van der Waals surface area contributed by atoms with Crippen LogP contribution in [0.25, 0.3) is 0 Å². The lowest BCUT2D eigenvalue weighted by Crippen LogP contribution is -2.21. The Morgan fingerprint density at radius 1 is 1.04 bits per heavy atom. The van der Waals surface area contributed by atoms with Crippen molar-refractivity contribution in [3.63, 3.8) is 0 Å². The minimum absolute atomic E-state index is 0.147. The van der Waals surface area contributed by atoms with Gasteiger partial charge in [-0.15, -0.1) is 0 Å². The van der Waals surface area contributed by atoms with Gasteiger partial charge in [-0.2, -0.15) is 0 Å². The van der Waals surface area contributed by atoms with Crippen molar-refractivity contribution in [1.82, 2.24) is 0 Å². The second-order valence-electron chi connectivity index (χ2n) is 5.39. The van der Waals surface area contributed by atoms with Crippen molar-refractivity contribution in [2.75, 3.05) is 44.1 Å². The van der Waals surface area contributed by atoms with Crippen molar-refractivity contribution < 1.29 is 19.0 Å². The van der Waals surface area contributed by atoms with Crippen LogP contribution in [0, 0.1) is 0 Å². The molecule has 0 spiro atoms. The molecule has 0 aliphatic carbocycles. The van der Waals surface area contributed by atoms with Gasteiger partial charge in [0.1, 0.15) is 24.7 Å². The van der Waals surface area contributed by atoms with E-state index in [1.807, 2.05) is 42.5 Å². The molecule has 2 aromatic rings. The first kappa shape index (κ1) is 19.3. The highest BCUT2D eigenvalue weighted by molar-refractivity contribution is 5.93. The molecule has 2 rings (SSSR count). The van der Waals surface area contributed by atoms with Crippen molar-refractivity contribution in [3.05, 3.63) is 61.2 Å². The molecule has 0 atom stereocenters. The van der Waals surface area contributed by atoms with Crippen molar-refractivity contribution >= 4 is 17.3 Å². The van der Waals surface area contributed by atoms with Crippen LogP contribution in [0.4, 0.5) is 11.4 Å². The summed E-state index contributed by atoms with van der Waals surface area (Å²) in [7, 11) is 1.62. The van der Waals surface area contributed by atoms with Crippen LogP contribution in [0.2, 0.25) is 0 Å². The zero-order valence-electron chi connectivity index (χ0n) is 14.9. The first-order valence-corrected chi connectivity index (χ1v) is 8.30. The summed E-state index contributed by atoms with van der Waals surface area (Å²) in [5.41, 5.74) is 1.52. The average molecular weight is 356 g/mol. The molecule has 0 saturated heterocycles. The van der Waals surface area contributed by atoms with E-state index in [4.69, 9.17) is 14.2 Å². The first-order chi connectivity index (χ1) is 12.7. The minimum Gasteiger partial charge on any atom is -0.491 e. The number of hydrogen-bond donors (Lipinski definition) is 2. The van der Waals surface area contributed by atoms with Crippen LogP contribution in [-0.4, -0.2) is 39.4 Å². The van der Waals surface area contributed by atoms with E-state index in [0.717, 1.165) is 11.4 Å². The van der Waals surface area contributed by atoms with E-state index in [1.165, 1.54) is 0 Å². The zero-order chi connectivity index (χ0) is 18.6. The number of methoxy groups -OCH3 is 1. The van der Waals surface area contributed by atoms with Crippen LogP contribution >= 0.6 is 0 Å². The predicted molar refractivity (Wildman–Crippen MR) is 103 cm³/mol. The second-order valence-corrected chi connectivity index (χ2v) is 5.39. The summed E-state index contributed by atoms with van der Waals surface area (Å²) in [6, 6.07) is 14.6. The molecule has 0 bridgehead atoms. The van der Waals surface area contributed by atoms with Crippen LogP contribution in [0.5, 0.6) is 11.5 Å². The molecule has 0 fully saturated rings. The number of carbonyl (C=O) groups is 1. The molecule has 0 aliphatic rings. The van der Waals surface area contributed by atoms with E-state index in [2.05, 4.69) is 17.2 Å². The molecule has 0 unspecified atom stereocenters. The topological polar surface area (TPSA) is 68.8 Å². The number of rotatable bonds is 11. The van der Waals surface area contributed by atoms with Gasteiger partial charge in [0.2, 0.25) is 5.91 Å². The van der Waals surface area contributed by atoms with Crippen molar-refractivity contribution in [3.8, 4) is 11.5 Å². The summed E-state index contributed by atoms with van der Waals surface area (Å²) >= 11 is 0. The fraction of sp³-hybridized carbons (Fsp3) is 0.250. The smallest absolute Gasteiger partial charge is 0.243 e. The molecule has 0 saturated carbocycles. The lowest BCUT2D eigenvalue weighted by Gasteiger charge is -2.10. The largest absolute Gasteiger partial charge is 0.491 e. The Hall–Kier alpha value is -2.99. The third-order valence-electron chi connectivity index (χ3n) is 3.35. The lowest BCUT2D eigenvalue weighted by molar-refractivity contribution is -0.114. The van der Waals surface area contributed by atoms with Gasteiger partial charge in [0.05, 0.1) is 13.2 Å². The normalized spacial score (nSPS) is 10.0. The van der Waals surface area contributed by atoms with Crippen LogP contribution in [0.3, 0.4) is 0 Å². The molecule has 26 heavy (non-hydrogen) atoms. The van der Waals surface area contributed by atoms with E-state index >= 15 is 0 Å². The predicted octanol–water partition coefficient (Wildman–Crippen LogP) is 3.33. The number of amides is 1. The van der Waals surface area contributed by atoms with Crippen molar-refractivity contribution in [2.45, 2.75) is 0 Å². The van der Waals surface area contributed by atoms with Gasteiger partial charge in [-0.05, 0) is 36.4 Å². The SMILES string of the molecule is C=CCOc1ccc(NCC(=O)Nc2cccc(OCCOC)c2)cc1. The summed E-state index contributed by atoms with van der Waals surface area (Å²) in [6.07, 6.45) is 1.69. The zero-order valence-corrected chi connectivity index (χ0v) is 14.9. The molecule has 0 heterocycles. The number of anilines is 2. The Balaban J connectivity index is 1.79. The third-order valence-corrected chi connectivity index (χ3v) is 3.35. The highest BCUT2D eigenvalue weighted by Gasteiger charge is 2.04. The fourth-order valence-electron chi connectivity index (χ4n) is 2.12. The molecule has 6 nitrogen and oxygen atoms in total. The number of ether oxygens (including phenoxy) is 3. The molecule has 0 radical (unpaired) electrons. The minimum atomic E-state index is -0.147. The van der Waals surface area contributed by atoms with E-state index in [0.29, 0.717) is 31.3 Å². The van der Waals surface area contributed by atoms with Gasteiger partial charge in [0.25, 0.3) is 0 Å². The number of carbonyl (C=O) groups excluding carboxylic acids is 1.